The van der Waals surface area contributed by atoms with Crippen molar-refractivity contribution in [3.8, 4) is 0 Å². The minimum absolute atomic E-state index is 0.0433. The van der Waals surface area contributed by atoms with Crippen LogP contribution in [0.3, 0.4) is 0 Å². The van der Waals surface area contributed by atoms with Gasteiger partial charge in [-0.1, -0.05) is 12.8 Å². The molecule has 1 aliphatic carbocycles. The van der Waals surface area contributed by atoms with Gasteiger partial charge in [0.2, 0.25) is 0 Å². The molecule has 0 aromatic carbocycles. The highest BCUT2D eigenvalue weighted by Gasteiger charge is 2.27. The summed E-state index contributed by atoms with van der Waals surface area (Å²) in [5.74, 6) is 0.961. The molecular weight excluding hydrogens is 304 g/mol. The molecule has 6 nitrogen and oxygen atoms in total. The van der Waals surface area contributed by atoms with Crippen molar-refractivity contribution in [2.75, 3.05) is 46.9 Å². The Bertz CT molecular complexity index is 413. The van der Waals surface area contributed by atoms with Crippen molar-refractivity contribution < 1.29 is 9.53 Å². The minimum atomic E-state index is -0.0433. The largest absolute Gasteiger partial charge is 0.466 e. The first-order valence-corrected chi connectivity index (χ1v) is 9.48. The third-order valence-corrected chi connectivity index (χ3v) is 5.32. The number of piperidine rings is 1. The predicted octanol–water partition coefficient (Wildman–Crippen LogP) is 1.71. The van der Waals surface area contributed by atoms with E-state index in [1.807, 2.05) is 14.0 Å². The summed E-state index contributed by atoms with van der Waals surface area (Å²) < 4.78 is 5.13. The Morgan fingerprint density at radius 1 is 1.25 bits per heavy atom. The van der Waals surface area contributed by atoms with Gasteiger partial charge in [0.15, 0.2) is 5.96 Å². The Kier molecular flexibility index (Phi) is 7.82. The van der Waals surface area contributed by atoms with Crippen molar-refractivity contribution in [2.45, 2.75) is 51.5 Å². The number of rotatable bonds is 6. The summed E-state index contributed by atoms with van der Waals surface area (Å²) >= 11 is 0. The summed E-state index contributed by atoms with van der Waals surface area (Å²) in [6, 6.07) is 0.758. The molecule has 2 rings (SSSR count). The second-order valence-corrected chi connectivity index (χ2v) is 6.91. The summed E-state index contributed by atoms with van der Waals surface area (Å²) in [5.41, 5.74) is 0. The van der Waals surface area contributed by atoms with E-state index in [1.165, 1.54) is 25.7 Å². The fourth-order valence-electron chi connectivity index (χ4n) is 3.79. The first kappa shape index (κ1) is 19.0. The molecule has 0 radical (unpaired) electrons. The number of carbonyl (C=O) groups is 1. The third kappa shape index (κ3) is 5.36. The molecule has 6 heteroatoms. The molecule has 1 heterocycles. The monoisotopic (exact) mass is 338 g/mol. The highest BCUT2D eigenvalue weighted by atomic mass is 16.5. The lowest BCUT2D eigenvalue weighted by Crippen LogP contribution is -2.48. The maximum absolute atomic E-state index is 11.8. The zero-order valence-corrected chi connectivity index (χ0v) is 15.6. The number of likely N-dealkylation sites (N-methyl/N-ethyl adjacent to an activating group) is 1. The van der Waals surface area contributed by atoms with Crippen molar-refractivity contribution in [3.05, 3.63) is 0 Å². The van der Waals surface area contributed by atoms with Crippen LogP contribution in [0.4, 0.5) is 0 Å². The average Bonchev–Trinajstić information content (AvgIpc) is 3.14. The van der Waals surface area contributed by atoms with Gasteiger partial charge in [-0.2, -0.15) is 0 Å². The third-order valence-electron chi connectivity index (χ3n) is 5.32. The summed E-state index contributed by atoms with van der Waals surface area (Å²) in [6.45, 7) is 6.02. The molecule has 2 aliphatic rings. The van der Waals surface area contributed by atoms with E-state index < -0.39 is 0 Å². The summed E-state index contributed by atoms with van der Waals surface area (Å²) in [6.07, 6.45) is 7.13. The van der Waals surface area contributed by atoms with Crippen molar-refractivity contribution in [3.63, 3.8) is 0 Å². The van der Waals surface area contributed by atoms with Gasteiger partial charge in [-0.3, -0.25) is 9.79 Å². The van der Waals surface area contributed by atoms with E-state index in [0.29, 0.717) is 6.61 Å². The highest BCUT2D eigenvalue weighted by Crippen LogP contribution is 2.22. The molecule has 24 heavy (non-hydrogen) atoms. The summed E-state index contributed by atoms with van der Waals surface area (Å²) in [5, 5.41) is 3.48. The van der Waals surface area contributed by atoms with E-state index in [0.717, 1.165) is 51.0 Å². The molecule has 0 unspecified atom stereocenters. The molecule has 1 N–H and O–H groups in total. The number of guanidine groups is 1. The molecule has 1 saturated heterocycles. The minimum Gasteiger partial charge on any atom is -0.466 e. The first-order chi connectivity index (χ1) is 11.7. The summed E-state index contributed by atoms with van der Waals surface area (Å²) in [7, 11) is 4.06. The van der Waals surface area contributed by atoms with Gasteiger partial charge in [-0.25, -0.2) is 0 Å². The molecule has 0 spiro atoms. The van der Waals surface area contributed by atoms with E-state index in [-0.39, 0.29) is 11.9 Å². The second kappa shape index (κ2) is 9.87. The van der Waals surface area contributed by atoms with Gasteiger partial charge < -0.3 is 19.9 Å². The first-order valence-electron chi connectivity index (χ1n) is 9.48. The summed E-state index contributed by atoms with van der Waals surface area (Å²) in [4.78, 5) is 21.0. The van der Waals surface area contributed by atoms with Crippen molar-refractivity contribution in [1.29, 1.82) is 0 Å². The van der Waals surface area contributed by atoms with Gasteiger partial charge in [0, 0.05) is 39.3 Å². The quantitative estimate of drug-likeness (QED) is 0.454. The lowest BCUT2D eigenvalue weighted by atomic mass is 9.97. The van der Waals surface area contributed by atoms with Gasteiger partial charge >= 0.3 is 5.97 Å². The van der Waals surface area contributed by atoms with E-state index in [4.69, 9.17) is 4.74 Å². The SMILES string of the molecule is CCOC(=O)C1CCN(C(=NC)NCCN(C)C2CCCC2)CC1. The van der Waals surface area contributed by atoms with Crippen LogP contribution in [-0.2, 0) is 9.53 Å². The average molecular weight is 338 g/mol. The zero-order chi connectivity index (χ0) is 17.4. The number of likely N-dealkylation sites (tertiary alicyclic amines) is 1. The molecule has 138 valence electrons. The number of nitrogens with zero attached hydrogens (tertiary/aromatic N) is 3. The number of nitrogens with one attached hydrogen (secondary N) is 1. The molecule has 0 aromatic heterocycles. The van der Waals surface area contributed by atoms with E-state index >= 15 is 0 Å². The van der Waals surface area contributed by atoms with E-state index in [2.05, 4.69) is 27.2 Å². The lowest BCUT2D eigenvalue weighted by Gasteiger charge is -2.33. The van der Waals surface area contributed by atoms with Crippen LogP contribution in [0.1, 0.15) is 45.4 Å². The smallest absolute Gasteiger partial charge is 0.309 e. The van der Waals surface area contributed by atoms with Crippen molar-refractivity contribution in [2.24, 2.45) is 10.9 Å². The maximum Gasteiger partial charge on any atom is 0.309 e. The van der Waals surface area contributed by atoms with Crippen LogP contribution in [0.5, 0.6) is 0 Å². The van der Waals surface area contributed by atoms with Crippen LogP contribution in [0.15, 0.2) is 4.99 Å². The lowest BCUT2D eigenvalue weighted by molar-refractivity contribution is -0.149. The molecule has 0 bridgehead atoms. The topological polar surface area (TPSA) is 57.2 Å². The van der Waals surface area contributed by atoms with Gasteiger partial charge in [-0.05, 0) is 39.7 Å². The zero-order valence-electron chi connectivity index (χ0n) is 15.6. The number of carbonyl (C=O) groups excluding carboxylic acids is 1. The van der Waals surface area contributed by atoms with Crippen LogP contribution >= 0.6 is 0 Å². The molecule has 0 atom stereocenters. The Balaban J connectivity index is 1.69. The molecule has 2 fully saturated rings. The van der Waals surface area contributed by atoms with Crippen LogP contribution in [0.25, 0.3) is 0 Å². The standard InChI is InChI=1S/C18H34N4O2/c1-4-24-17(23)15-9-12-22(13-10-15)18(19-2)20-11-14-21(3)16-7-5-6-8-16/h15-16H,4-14H2,1-3H3,(H,19,20). The normalized spacial score (nSPS) is 20.7. The number of aliphatic imine (C=N–C) groups is 1. The van der Waals surface area contributed by atoms with Gasteiger partial charge in [-0.15, -0.1) is 0 Å². The van der Waals surface area contributed by atoms with Crippen LogP contribution in [-0.4, -0.2) is 74.7 Å². The molecule has 1 aliphatic heterocycles. The second-order valence-electron chi connectivity index (χ2n) is 6.91. The molecular formula is C18H34N4O2. The number of hydrogen-bond acceptors (Lipinski definition) is 4. The van der Waals surface area contributed by atoms with Crippen molar-refractivity contribution >= 4 is 11.9 Å². The van der Waals surface area contributed by atoms with Crippen molar-refractivity contribution in [1.82, 2.24) is 15.1 Å². The number of ether oxygens (including phenoxy) is 1. The van der Waals surface area contributed by atoms with Gasteiger partial charge in [0.1, 0.15) is 0 Å². The van der Waals surface area contributed by atoms with Crippen LogP contribution < -0.4 is 5.32 Å². The van der Waals surface area contributed by atoms with Crippen LogP contribution in [0, 0.1) is 5.92 Å². The Morgan fingerprint density at radius 3 is 2.50 bits per heavy atom. The predicted molar refractivity (Wildman–Crippen MR) is 97.2 cm³/mol. The number of hydrogen-bond donors (Lipinski definition) is 1. The fourth-order valence-corrected chi connectivity index (χ4v) is 3.79. The molecule has 1 saturated carbocycles. The van der Waals surface area contributed by atoms with E-state index in [9.17, 15) is 4.79 Å². The number of esters is 1. The molecule has 0 amide bonds. The maximum atomic E-state index is 11.8. The Morgan fingerprint density at radius 2 is 1.92 bits per heavy atom. The van der Waals surface area contributed by atoms with Gasteiger partial charge in [0.25, 0.3) is 0 Å². The fraction of sp³-hybridized carbons (Fsp3) is 0.889. The van der Waals surface area contributed by atoms with Crippen LogP contribution in [0.2, 0.25) is 0 Å². The highest BCUT2D eigenvalue weighted by molar-refractivity contribution is 5.80. The molecule has 0 aromatic rings. The Labute approximate surface area is 146 Å². The Hall–Kier alpha value is -1.30. The van der Waals surface area contributed by atoms with E-state index in [1.54, 1.807) is 0 Å². The van der Waals surface area contributed by atoms with Gasteiger partial charge in [0.05, 0.1) is 12.5 Å².